The molecule has 6 nitrogen and oxygen atoms in total. The van der Waals surface area contributed by atoms with Gasteiger partial charge in [-0.1, -0.05) is 23.2 Å². The fourth-order valence-corrected chi connectivity index (χ4v) is 2.81. The number of carbonyl (C=O) groups is 1. The fraction of sp³-hybridized carbons (Fsp3) is 0.250. The molecular formula is C16H14Cl2N2O4. The summed E-state index contributed by atoms with van der Waals surface area (Å²) < 4.78 is 11.2. The molecule has 0 unspecified atom stereocenters. The lowest BCUT2D eigenvalue weighted by Crippen LogP contribution is -2.52. The fourth-order valence-electron chi connectivity index (χ4n) is 2.40. The second-order valence-electron chi connectivity index (χ2n) is 5.28. The van der Waals surface area contributed by atoms with Crippen LogP contribution in [-0.4, -0.2) is 28.3 Å². The highest BCUT2D eigenvalue weighted by atomic mass is 35.5. The summed E-state index contributed by atoms with van der Waals surface area (Å²) in [6.07, 6.45) is 2.59. The number of nitrogens with one attached hydrogen (secondary N) is 1. The Kier molecular flexibility index (Phi) is 4.80. The van der Waals surface area contributed by atoms with Crippen LogP contribution < -0.4 is 14.8 Å². The van der Waals surface area contributed by atoms with E-state index in [1.165, 1.54) is 12.3 Å². The van der Waals surface area contributed by atoms with Gasteiger partial charge >= 0.3 is 5.97 Å². The highest BCUT2D eigenvalue weighted by Crippen LogP contribution is 2.31. The Balaban J connectivity index is 1.72. The standard InChI is InChI=1S/C16H14Cl2N2O4/c17-10-8-13(18)14(19-9-10)23-11-2-4-12(5-3-11)24-16(15(21)22)6-1-7-20-16/h2-5,8-9,20H,1,6-7H2,(H,21,22)/t16-/m1/s1. The van der Waals surface area contributed by atoms with Gasteiger partial charge in [-0.3, -0.25) is 5.32 Å². The smallest absolute Gasteiger partial charge is 0.363 e. The van der Waals surface area contributed by atoms with Crippen molar-refractivity contribution in [2.75, 3.05) is 6.54 Å². The SMILES string of the molecule is O=C(O)[C@]1(Oc2ccc(Oc3ncc(Cl)cc3Cl)cc2)CCCN1. The molecule has 2 heterocycles. The number of ether oxygens (including phenoxy) is 2. The third-order valence-electron chi connectivity index (χ3n) is 3.57. The van der Waals surface area contributed by atoms with E-state index >= 15 is 0 Å². The molecule has 2 aromatic rings. The highest BCUT2D eigenvalue weighted by molar-refractivity contribution is 6.35. The molecule has 0 bridgehead atoms. The third kappa shape index (κ3) is 3.56. The van der Waals surface area contributed by atoms with E-state index in [1.807, 2.05) is 0 Å². The van der Waals surface area contributed by atoms with E-state index in [9.17, 15) is 9.90 Å². The first-order valence-electron chi connectivity index (χ1n) is 7.25. The molecule has 8 heteroatoms. The number of nitrogens with zero attached hydrogens (tertiary/aromatic N) is 1. The molecule has 1 aromatic heterocycles. The normalized spacial score (nSPS) is 19.9. The van der Waals surface area contributed by atoms with Gasteiger partial charge in [0.15, 0.2) is 0 Å². The number of benzene rings is 1. The van der Waals surface area contributed by atoms with Gasteiger partial charge in [0.2, 0.25) is 5.88 Å². The van der Waals surface area contributed by atoms with E-state index in [-0.39, 0.29) is 5.88 Å². The van der Waals surface area contributed by atoms with Gasteiger partial charge in [0.1, 0.15) is 16.5 Å². The summed E-state index contributed by atoms with van der Waals surface area (Å²) in [6, 6.07) is 8.08. The lowest BCUT2D eigenvalue weighted by atomic mass is 10.1. The predicted octanol–water partition coefficient (Wildman–Crippen LogP) is 3.72. The second kappa shape index (κ2) is 6.84. The molecule has 1 saturated heterocycles. The lowest BCUT2D eigenvalue weighted by Gasteiger charge is -2.25. The quantitative estimate of drug-likeness (QED) is 0.836. The molecule has 1 aliphatic heterocycles. The Morgan fingerprint density at radius 2 is 1.96 bits per heavy atom. The van der Waals surface area contributed by atoms with E-state index < -0.39 is 11.7 Å². The summed E-state index contributed by atoms with van der Waals surface area (Å²) in [5, 5.41) is 13.0. The number of rotatable bonds is 5. The number of carboxylic acid groups (broad SMARTS) is 1. The lowest BCUT2D eigenvalue weighted by molar-refractivity contribution is -0.157. The summed E-state index contributed by atoms with van der Waals surface area (Å²) in [5.41, 5.74) is -1.37. The van der Waals surface area contributed by atoms with Crippen molar-refractivity contribution < 1.29 is 19.4 Å². The van der Waals surface area contributed by atoms with Crippen LogP contribution in [0.1, 0.15) is 12.8 Å². The van der Waals surface area contributed by atoms with Crippen LogP contribution in [-0.2, 0) is 4.79 Å². The van der Waals surface area contributed by atoms with Crippen molar-refractivity contribution in [3.05, 3.63) is 46.6 Å². The van der Waals surface area contributed by atoms with Crippen molar-refractivity contribution >= 4 is 29.2 Å². The zero-order valence-electron chi connectivity index (χ0n) is 12.5. The maximum atomic E-state index is 11.5. The number of hydrogen-bond acceptors (Lipinski definition) is 5. The van der Waals surface area contributed by atoms with Gasteiger partial charge in [-0.2, -0.15) is 0 Å². The van der Waals surface area contributed by atoms with E-state index in [4.69, 9.17) is 32.7 Å². The van der Waals surface area contributed by atoms with Crippen LogP contribution in [0, 0.1) is 0 Å². The minimum absolute atomic E-state index is 0.231. The Morgan fingerprint density at radius 3 is 2.54 bits per heavy atom. The molecule has 1 fully saturated rings. The zero-order chi connectivity index (χ0) is 17.2. The van der Waals surface area contributed by atoms with E-state index in [1.54, 1.807) is 24.3 Å². The van der Waals surface area contributed by atoms with Crippen LogP contribution in [0.3, 0.4) is 0 Å². The van der Waals surface area contributed by atoms with Crippen molar-refractivity contribution in [3.8, 4) is 17.4 Å². The topological polar surface area (TPSA) is 80.7 Å². The van der Waals surface area contributed by atoms with Gasteiger partial charge in [0, 0.05) is 12.6 Å². The number of aromatic nitrogens is 1. The van der Waals surface area contributed by atoms with Crippen LogP contribution in [0.5, 0.6) is 17.4 Å². The number of pyridine rings is 1. The monoisotopic (exact) mass is 368 g/mol. The molecule has 1 aliphatic rings. The van der Waals surface area contributed by atoms with Crippen molar-refractivity contribution in [1.82, 2.24) is 10.3 Å². The predicted molar refractivity (Wildman–Crippen MR) is 89.0 cm³/mol. The minimum atomic E-state index is -1.37. The number of aliphatic carboxylic acids is 1. The molecule has 126 valence electrons. The van der Waals surface area contributed by atoms with Crippen LogP contribution in [0.25, 0.3) is 0 Å². The maximum absolute atomic E-state index is 11.5. The molecule has 3 rings (SSSR count). The molecule has 1 aromatic carbocycles. The minimum Gasteiger partial charge on any atom is -0.477 e. The maximum Gasteiger partial charge on any atom is 0.363 e. The Hall–Kier alpha value is -2.02. The Morgan fingerprint density at radius 1 is 1.25 bits per heavy atom. The summed E-state index contributed by atoms with van der Waals surface area (Å²) >= 11 is 11.8. The summed E-state index contributed by atoms with van der Waals surface area (Å²) in [4.78, 5) is 15.5. The van der Waals surface area contributed by atoms with Crippen molar-refractivity contribution in [2.24, 2.45) is 0 Å². The van der Waals surface area contributed by atoms with Gasteiger partial charge in [-0.05, 0) is 43.3 Å². The third-order valence-corrected chi connectivity index (χ3v) is 4.04. The number of carboxylic acids is 1. The first-order valence-corrected chi connectivity index (χ1v) is 8.00. The van der Waals surface area contributed by atoms with Gasteiger partial charge in [0.25, 0.3) is 5.72 Å². The van der Waals surface area contributed by atoms with E-state index in [0.29, 0.717) is 34.5 Å². The average molecular weight is 369 g/mol. The molecular weight excluding hydrogens is 355 g/mol. The molecule has 0 aliphatic carbocycles. The molecule has 24 heavy (non-hydrogen) atoms. The zero-order valence-corrected chi connectivity index (χ0v) is 14.0. The largest absolute Gasteiger partial charge is 0.477 e. The molecule has 0 spiro atoms. The molecule has 0 amide bonds. The molecule has 0 saturated carbocycles. The van der Waals surface area contributed by atoms with Crippen molar-refractivity contribution in [2.45, 2.75) is 18.6 Å². The van der Waals surface area contributed by atoms with Crippen molar-refractivity contribution in [3.63, 3.8) is 0 Å². The second-order valence-corrected chi connectivity index (χ2v) is 6.12. The van der Waals surface area contributed by atoms with Crippen LogP contribution in [0.4, 0.5) is 0 Å². The van der Waals surface area contributed by atoms with E-state index in [0.717, 1.165) is 6.42 Å². The number of halogens is 2. The van der Waals surface area contributed by atoms with Gasteiger partial charge in [-0.25, -0.2) is 9.78 Å². The van der Waals surface area contributed by atoms with E-state index in [2.05, 4.69) is 10.3 Å². The van der Waals surface area contributed by atoms with Gasteiger partial charge in [-0.15, -0.1) is 0 Å². The summed E-state index contributed by atoms with van der Waals surface area (Å²) in [5.74, 6) is 0.115. The number of hydrogen-bond donors (Lipinski definition) is 2. The first-order chi connectivity index (χ1) is 11.5. The summed E-state index contributed by atoms with van der Waals surface area (Å²) in [6.45, 7) is 0.605. The summed E-state index contributed by atoms with van der Waals surface area (Å²) in [7, 11) is 0. The molecule has 2 N–H and O–H groups in total. The van der Waals surface area contributed by atoms with Gasteiger partial charge in [0.05, 0.1) is 5.02 Å². The average Bonchev–Trinajstić information content (AvgIpc) is 3.02. The van der Waals surface area contributed by atoms with Crippen LogP contribution in [0.2, 0.25) is 10.0 Å². The highest BCUT2D eigenvalue weighted by Gasteiger charge is 2.43. The van der Waals surface area contributed by atoms with Crippen LogP contribution >= 0.6 is 23.2 Å². The van der Waals surface area contributed by atoms with Crippen LogP contribution in [0.15, 0.2) is 36.5 Å². The molecule has 1 atom stereocenters. The Labute approximate surface area is 148 Å². The van der Waals surface area contributed by atoms with Gasteiger partial charge < -0.3 is 14.6 Å². The Bertz CT molecular complexity index is 746. The van der Waals surface area contributed by atoms with Crippen molar-refractivity contribution in [1.29, 1.82) is 0 Å². The molecule has 0 radical (unpaired) electrons. The first kappa shape index (κ1) is 16.8.